The maximum absolute atomic E-state index is 14.0. The first-order valence-corrected chi connectivity index (χ1v) is 17.6. The number of nitrogens with zero attached hydrogens (tertiary/aromatic N) is 2. The van der Waals surface area contributed by atoms with Crippen LogP contribution in [0.5, 0.6) is 0 Å². The van der Waals surface area contributed by atoms with Crippen molar-refractivity contribution >= 4 is 67.3 Å². The lowest BCUT2D eigenvalue weighted by atomic mass is 9.72. The fraction of sp³-hybridized carbons (Fsp3) is 0.244. The van der Waals surface area contributed by atoms with Crippen molar-refractivity contribution in [3.05, 3.63) is 131 Å². The Bertz CT molecular complexity index is 2400. The summed E-state index contributed by atoms with van der Waals surface area (Å²) in [7, 11) is 0. The Morgan fingerprint density at radius 3 is 1.76 bits per heavy atom. The van der Waals surface area contributed by atoms with Gasteiger partial charge in [-0.3, -0.25) is 9.59 Å². The number of aromatic nitrogens is 2. The fourth-order valence-electron chi connectivity index (χ4n) is 7.97. The Balaban J connectivity index is 1.29. The molecule has 0 spiro atoms. The molecule has 2 aromatic heterocycles. The third-order valence-electron chi connectivity index (χ3n) is 10.4. The Hall–Kier alpha value is -5.22. The Morgan fingerprint density at radius 1 is 0.673 bits per heavy atom. The molecule has 0 amide bonds. The number of carbonyl (C=O) groups is 2. The highest BCUT2D eigenvalue weighted by Crippen LogP contribution is 2.41. The van der Waals surface area contributed by atoms with Crippen molar-refractivity contribution in [1.82, 2.24) is 9.13 Å². The number of carbonyl (C=O) groups excluding carboxylic acids is 2. The van der Waals surface area contributed by atoms with E-state index >= 15 is 0 Å². The van der Waals surface area contributed by atoms with Crippen molar-refractivity contribution < 1.29 is 9.59 Å². The molecule has 0 aliphatic heterocycles. The monoisotopic (exact) mass is 644 g/mol. The fourth-order valence-corrected chi connectivity index (χ4v) is 7.97. The minimum Gasteiger partial charge on any atom is -0.341 e. The molecule has 0 fully saturated rings. The van der Waals surface area contributed by atoms with Gasteiger partial charge in [-0.2, -0.15) is 0 Å². The van der Waals surface area contributed by atoms with E-state index in [9.17, 15) is 9.59 Å². The molecule has 0 saturated heterocycles. The van der Waals surface area contributed by atoms with Crippen molar-refractivity contribution in [1.29, 1.82) is 0 Å². The molecule has 246 valence electrons. The largest absolute Gasteiger partial charge is 0.341 e. The lowest BCUT2D eigenvalue weighted by molar-refractivity contribution is -0.116. The Morgan fingerprint density at radius 2 is 1.18 bits per heavy atom. The molecule has 49 heavy (non-hydrogen) atoms. The summed E-state index contributed by atoms with van der Waals surface area (Å²) in [4.78, 5) is 28.0. The number of para-hydroxylation sites is 2. The Labute approximate surface area is 288 Å². The van der Waals surface area contributed by atoms with E-state index in [1.807, 2.05) is 24.3 Å². The topological polar surface area (TPSA) is 44.0 Å². The molecule has 4 heteroatoms. The average Bonchev–Trinajstić information content (AvgIpc) is 3.60. The van der Waals surface area contributed by atoms with Crippen LogP contribution >= 0.6 is 0 Å². The predicted octanol–water partition coefficient (Wildman–Crippen LogP) is 11.3. The van der Waals surface area contributed by atoms with Crippen LogP contribution in [-0.4, -0.2) is 20.7 Å². The number of allylic oxidation sites excluding steroid dienone is 6. The zero-order valence-electron chi connectivity index (χ0n) is 29.2. The minimum atomic E-state index is -0.310. The summed E-state index contributed by atoms with van der Waals surface area (Å²) >= 11 is 0. The molecule has 0 N–H and O–H groups in total. The van der Waals surface area contributed by atoms with Crippen molar-refractivity contribution in [2.75, 3.05) is 0 Å². The predicted molar refractivity (Wildman–Crippen MR) is 207 cm³/mol. The SMILES string of the molecule is CCn1c2ccccc2c2cc(/C=C(\C(=O)/C=C/C3=C(C)CCCC3(C)C)C(=O)/C=C/c3ccc4c(c3)c3ccccc3n4CC)ccc21. The molecule has 1 aliphatic rings. The third kappa shape index (κ3) is 5.90. The molecule has 2 heterocycles. The van der Waals surface area contributed by atoms with Gasteiger partial charge in [0.15, 0.2) is 11.6 Å². The number of hydrogen-bond acceptors (Lipinski definition) is 2. The van der Waals surface area contributed by atoms with Gasteiger partial charge in [0.2, 0.25) is 0 Å². The van der Waals surface area contributed by atoms with Crippen LogP contribution < -0.4 is 0 Å². The minimum absolute atomic E-state index is 0.00896. The maximum Gasteiger partial charge on any atom is 0.189 e. The summed E-state index contributed by atoms with van der Waals surface area (Å²) in [5.41, 5.74) is 9.09. The summed E-state index contributed by atoms with van der Waals surface area (Å²) in [6.45, 7) is 12.7. The standard InChI is InChI=1S/C45H44N2O2/c1-6-46-39-16-10-8-14-33(39)35-27-31(18-22-41(35)46)20-24-43(48)37(44(49)25-21-38-30(3)13-12-26-45(38,4)5)29-32-19-23-42-36(28-32)34-15-9-11-17-40(34)47(42)7-2/h8-11,14-25,27-29H,6-7,12-13,26H2,1-5H3/b24-20+,25-21+,37-29-. The van der Waals surface area contributed by atoms with E-state index in [-0.39, 0.29) is 22.6 Å². The zero-order chi connectivity index (χ0) is 34.3. The summed E-state index contributed by atoms with van der Waals surface area (Å²) in [6, 6.07) is 29.3. The number of ketones is 2. The van der Waals surface area contributed by atoms with Gasteiger partial charge in [-0.15, -0.1) is 0 Å². The molecule has 0 unspecified atom stereocenters. The van der Waals surface area contributed by atoms with Crippen LogP contribution in [0, 0.1) is 5.41 Å². The highest BCUT2D eigenvalue weighted by Gasteiger charge is 2.27. The van der Waals surface area contributed by atoms with E-state index in [1.54, 1.807) is 18.2 Å². The van der Waals surface area contributed by atoms with Crippen LogP contribution in [0.25, 0.3) is 55.8 Å². The van der Waals surface area contributed by atoms with E-state index < -0.39 is 0 Å². The average molecular weight is 645 g/mol. The van der Waals surface area contributed by atoms with Crippen molar-refractivity contribution in [2.45, 2.75) is 67.0 Å². The van der Waals surface area contributed by atoms with Gasteiger partial charge in [0.05, 0.1) is 5.57 Å². The van der Waals surface area contributed by atoms with E-state index in [1.165, 1.54) is 33.1 Å². The number of benzene rings is 4. The number of fused-ring (bicyclic) bond motifs is 6. The van der Waals surface area contributed by atoms with Crippen molar-refractivity contribution in [2.24, 2.45) is 5.41 Å². The van der Waals surface area contributed by atoms with E-state index in [0.29, 0.717) is 0 Å². The molecule has 4 nitrogen and oxygen atoms in total. The van der Waals surface area contributed by atoms with Crippen molar-refractivity contribution in [3.63, 3.8) is 0 Å². The molecule has 0 bridgehead atoms. The third-order valence-corrected chi connectivity index (χ3v) is 10.4. The molecule has 4 aromatic carbocycles. The van der Waals surface area contributed by atoms with Gasteiger partial charge in [0, 0.05) is 56.7 Å². The molecular weight excluding hydrogens is 601 g/mol. The van der Waals surface area contributed by atoms with Crippen LogP contribution in [0.2, 0.25) is 0 Å². The molecule has 0 saturated carbocycles. The van der Waals surface area contributed by atoms with E-state index in [0.717, 1.165) is 65.2 Å². The van der Waals surface area contributed by atoms with Crippen LogP contribution in [0.15, 0.2) is 120 Å². The van der Waals surface area contributed by atoms with Crippen LogP contribution in [-0.2, 0) is 22.7 Å². The van der Waals surface area contributed by atoms with Crippen LogP contribution in [0.4, 0.5) is 0 Å². The lowest BCUT2D eigenvalue weighted by Crippen LogP contribution is -2.19. The van der Waals surface area contributed by atoms with Gasteiger partial charge in [-0.05, 0) is 117 Å². The number of aryl methyl sites for hydroxylation is 2. The molecule has 7 rings (SSSR count). The van der Waals surface area contributed by atoms with Crippen LogP contribution in [0.3, 0.4) is 0 Å². The Kier molecular flexibility index (Phi) is 8.58. The summed E-state index contributed by atoms with van der Waals surface area (Å²) < 4.78 is 4.62. The normalized spacial score (nSPS) is 15.6. The second kappa shape index (κ2) is 13.0. The first kappa shape index (κ1) is 32.3. The molecule has 0 radical (unpaired) electrons. The number of rotatable bonds is 9. The second-order valence-corrected chi connectivity index (χ2v) is 14.0. The molecule has 0 atom stereocenters. The van der Waals surface area contributed by atoms with Gasteiger partial charge >= 0.3 is 0 Å². The highest BCUT2D eigenvalue weighted by atomic mass is 16.1. The van der Waals surface area contributed by atoms with Gasteiger partial charge in [-0.25, -0.2) is 0 Å². The highest BCUT2D eigenvalue weighted by molar-refractivity contribution is 6.30. The van der Waals surface area contributed by atoms with Crippen LogP contribution in [0.1, 0.15) is 65.0 Å². The molecular formula is C45H44N2O2. The van der Waals surface area contributed by atoms with Crippen molar-refractivity contribution in [3.8, 4) is 0 Å². The maximum atomic E-state index is 14.0. The molecule has 1 aliphatic carbocycles. The summed E-state index contributed by atoms with van der Waals surface area (Å²) in [6.07, 6.45) is 12.0. The first-order valence-electron chi connectivity index (χ1n) is 17.6. The lowest BCUT2D eigenvalue weighted by Gasteiger charge is -2.32. The summed E-state index contributed by atoms with van der Waals surface area (Å²) in [5.74, 6) is -0.593. The molecule has 6 aromatic rings. The second-order valence-electron chi connectivity index (χ2n) is 14.0. The smallest absolute Gasteiger partial charge is 0.189 e. The first-order chi connectivity index (χ1) is 23.7. The van der Waals surface area contributed by atoms with Gasteiger partial charge < -0.3 is 9.13 Å². The summed E-state index contributed by atoms with van der Waals surface area (Å²) in [5, 5.41) is 4.62. The number of hydrogen-bond donors (Lipinski definition) is 0. The van der Waals surface area contributed by atoms with Gasteiger partial charge in [-0.1, -0.05) is 80.1 Å². The quantitative estimate of drug-likeness (QED) is 0.0893. The van der Waals surface area contributed by atoms with E-state index in [2.05, 4.69) is 117 Å². The van der Waals surface area contributed by atoms with Gasteiger partial charge in [0.25, 0.3) is 0 Å². The van der Waals surface area contributed by atoms with E-state index in [4.69, 9.17) is 0 Å². The zero-order valence-corrected chi connectivity index (χ0v) is 29.2. The van der Waals surface area contributed by atoms with Gasteiger partial charge in [0.1, 0.15) is 0 Å².